The Morgan fingerprint density at radius 1 is 0.500 bits per heavy atom. The number of carbonyl (C=O) groups is 1. The normalized spacial score (nSPS) is 12.2. The van der Waals surface area contributed by atoms with E-state index in [2.05, 4.69) is 20.8 Å². The van der Waals surface area contributed by atoms with E-state index in [1.165, 1.54) is 77.0 Å². The minimum absolute atomic E-state index is 0.0906. The molecule has 0 aromatic carbocycles. The van der Waals surface area contributed by atoms with Crippen LogP contribution in [0, 0.1) is 5.92 Å². The van der Waals surface area contributed by atoms with Gasteiger partial charge in [-0.1, -0.05) is 91.4 Å². The summed E-state index contributed by atoms with van der Waals surface area (Å²) in [5.41, 5.74) is 0. The first-order valence-electron chi connectivity index (χ1n) is 15.2. The number of hydrogen-bond donors (Lipinski definition) is 0. The van der Waals surface area contributed by atoms with Gasteiger partial charge in [0.15, 0.2) is 0 Å². The van der Waals surface area contributed by atoms with Crippen molar-refractivity contribution in [3.8, 4) is 0 Å². The molecule has 0 aromatic rings. The van der Waals surface area contributed by atoms with Crippen LogP contribution in [0.4, 0.5) is 0 Å². The highest BCUT2D eigenvalue weighted by molar-refractivity contribution is 5.69. The van der Waals surface area contributed by atoms with Crippen LogP contribution >= 0.6 is 0 Å². The molecule has 0 aromatic heterocycles. The molecular formula is C30H60O6. The number of esters is 1. The van der Waals surface area contributed by atoms with Crippen LogP contribution in [0.25, 0.3) is 0 Å². The molecule has 0 aliphatic heterocycles. The van der Waals surface area contributed by atoms with Crippen LogP contribution in [-0.2, 0) is 28.5 Å². The van der Waals surface area contributed by atoms with E-state index in [1.807, 2.05) is 0 Å². The second kappa shape index (κ2) is 30.5. The Balaban J connectivity index is 3.66. The van der Waals surface area contributed by atoms with Gasteiger partial charge in [0.25, 0.3) is 0 Å². The zero-order valence-electron chi connectivity index (χ0n) is 24.2. The summed E-state index contributed by atoms with van der Waals surface area (Å²) in [5.74, 6) is 0.426. The lowest BCUT2D eigenvalue weighted by atomic mass is 9.95. The van der Waals surface area contributed by atoms with Gasteiger partial charge in [0.2, 0.25) is 0 Å². The van der Waals surface area contributed by atoms with Crippen molar-refractivity contribution < 1.29 is 28.5 Å². The fourth-order valence-corrected chi connectivity index (χ4v) is 3.99. The third-order valence-electron chi connectivity index (χ3n) is 6.34. The van der Waals surface area contributed by atoms with Gasteiger partial charge >= 0.3 is 5.97 Å². The van der Waals surface area contributed by atoms with Gasteiger partial charge in [-0.3, -0.25) is 4.79 Å². The van der Waals surface area contributed by atoms with Crippen LogP contribution in [0.5, 0.6) is 0 Å². The first kappa shape index (κ1) is 35.3. The highest BCUT2D eigenvalue weighted by Crippen LogP contribution is 2.19. The minimum atomic E-state index is -0.0906. The van der Waals surface area contributed by atoms with Crippen LogP contribution in [0.15, 0.2) is 0 Å². The Bertz CT molecular complexity index is 432. The summed E-state index contributed by atoms with van der Waals surface area (Å²) in [4.78, 5) is 12.2. The van der Waals surface area contributed by atoms with Crippen LogP contribution < -0.4 is 0 Å². The summed E-state index contributed by atoms with van der Waals surface area (Å²) in [5, 5.41) is 0. The molecule has 0 N–H and O–H groups in total. The molecule has 0 fully saturated rings. The molecule has 0 amide bonds. The zero-order chi connectivity index (χ0) is 26.4. The molecule has 0 aliphatic rings. The van der Waals surface area contributed by atoms with Crippen LogP contribution in [0.2, 0.25) is 0 Å². The van der Waals surface area contributed by atoms with Crippen molar-refractivity contribution in [2.24, 2.45) is 5.92 Å². The van der Waals surface area contributed by atoms with E-state index in [0.717, 1.165) is 19.4 Å². The molecule has 0 rings (SSSR count). The summed E-state index contributed by atoms with van der Waals surface area (Å²) in [6.45, 7) is 12.1. The topological polar surface area (TPSA) is 63.2 Å². The molecule has 6 nitrogen and oxygen atoms in total. The predicted octanol–water partition coefficient (Wildman–Crippen LogP) is 7.51. The molecule has 0 saturated heterocycles. The SMILES string of the molecule is CCCCCCCCC(CCCCCC)COC(=O)CCCOCCOCCOCCOCCCC. The Hall–Kier alpha value is -0.690. The molecule has 0 aliphatic carbocycles. The van der Waals surface area contributed by atoms with Crippen molar-refractivity contribution in [3.63, 3.8) is 0 Å². The summed E-state index contributed by atoms with van der Waals surface area (Å²) in [6, 6.07) is 0. The van der Waals surface area contributed by atoms with Crippen LogP contribution in [-0.4, -0.2) is 65.4 Å². The lowest BCUT2D eigenvalue weighted by Gasteiger charge is -2.17. The Kier molecular flexibility index (Phi) is 29.9. The lowest BCUT2D eigenvalue weighted by Crippen LogP contribution is -2.15. The highest BCUT2D eigenvalue weighted by atomic mass is 16.6. The van der Waals surface area contributed by atoms with E-state index in [-0.39, 0.29) is 5.97 Å². The molecule has 36 heavy (non-hydrogen) atoms. The maximum Gasteiger partial charge on any atom is 0.305 e. The fourth-order valence-electron chi connectivity index (χ4n) is 3.99. The smallest absolute Gasteiger partial charge is 0.305 e. The van der Waals surface area contributed by atoms with Crippen molar-refractivity contribution in [2.75, 3.05) is 59.5 Å². The summed E-state index contributed by atoms with van der Waals surface area (Å²) < 4.78 is 27.6. The average molecular weight is 517 g/mol. The monoisotopic (exact) mass is 516 g/mol. The van der Waals surface area contributed by atoms with E-state index >= 15 is 0 Å². The van der Waals surface area contributed by atoms with Gasteiger partial charge in [-0.25, -0.2) is 0 Å². The van der Waals surface area contributed by atoms with Crippen molar-refractivity contribution in [2.45, 2.75) is 124 Å². The number of rotatable bonds is 30. The maximum atomic E-state index is 12.2. The summed E-state index contributed by atoms with van der Waals surface area (Å²) in [7, 11) is 0. The second-order valence-corrected chi connectivity index (χ2v) is 9.86. The Morgan fingerprint density at radius 2 is 0.917 bits per heavy atom. The molecule has 1 unspecified atom stereocenters. The standard InChI is InChI=1S/C30H60O6/c1-4-7-10-12-13-15-18-29(17-14-11-8-5-2)28-36-30(31)19-16-21-33-23-25-35-27-26-34-24-22-32-20-9-6-3/h29H,4-28H2,1-3H3. The van der Waals surface area contributed by atoms with E-state index < -0.39 is 0 Å². The van der Waals surface area contributed by atoms with Crippen molar-refractivity contribution in [1.29, 1.82) is 0 Å². The maximum absolute atomic E-state index is 12.2. The van der Waals surface area contributed by atoms with Gasteiger partial charge < -0.3 is 23.7 Å². The average Bonchev–Trinajstić information content (AvgIpc) is 2.88. The quantitative estimate of drug-likeness (QED) is 0.0727. The zero-order valence-corrected chi connectivity index (χ0v) is 24.2. The van der Waals surface area contributed by atoms with E-state index in [4.69, 9.17) is 23.7 Å². The molecule has 0 radical (unpaired) electrons. The molecule has 6 heteroatoms. The molecule has 216 valence electrons. The molecule has 0 heterocycles. The van der Waals surface area contributed by atoms with Crippen molar-refractivity contribution >= 4 is 5.97 Å². The Labute approximate surface area is 223 Å². The van der Waals surface area contributed by atoms with E-state index in [9.17, 15) is 4.79 Å². The van der Waals surface area contributed by atoms with Gasteiger partial charge in [0.05, 0.1) is 46.2 Å². The van der Waals surface area contributed by atoms with Gasteiger partial charge in [-0.2, -0.15) is 0 Å². The van der Waals surface area contributed by atoms with Crippen molar-refractivity contribution in [1.82, 2.24) is 0 Å². The molecular weight excluding hydrogens is 456 g/mol. The van der Waals surface area contributed by atoms with Gasteiger partial charge in [-0.15, -0.1) is 0 Å². The third-order valence-corrected chi connectivity index (χ3v) is 6.34. The summed E-state index contributed by atoms with van der Waals surface area (Å²) >= 11 is 0. The van der Waals surface area contributed by atoms with E-state index in [1.54, 1.807) is 0 Å². The fraction of sp³-hybridized carbons (Fsp3) is 0.967. The van der Waals surface area contributed by atoms with Gasteiger partial charge in [-0.05, 0) is 31.6 Å². The molecule has 0 saturated carbocycles. The third kappa shape index (κ3) is 27.9. The van der Waals surface area contributed by atoms with Gasteiger partial charge in [0, 0.05) is 19.6 Å². The number of carbonyl (C=O) groups excluding carboxylic acids is 1. The van der Waals surface area contributed by atoms with Crippen LogP contribution in [0.3, 0.4) is 0 Å². The van der Waals surface area contributed by atoms with Crippen LogP contribution in [0.1, 0.15) is 124 Å². The number of unbranched alkanes of at least 4 members (excludes halogenated alkanes) is 9. The molecule has 1 atom stereocenters. The minimum Gasteiger partial charge on any atom is -0.465 e. The van der Waals surface area contributed by atoms with Gasteiger partial charge in [0.1, 0.15) is 0 Å². The summed E-state index contributed by atoms with van der Waals surface area (Å²) in [6.07, 6.45) is 18.7. The second-order valence-electron chi connectivity index (χ2n) is 9.86. The first-order valence-corrected chi connectivity index (χ1v) is 15.2. The Morgan fingerprint density at radius 3 is 1.44 bits per heavy atom. The first-order chi connectivity index (χ1) is 17.7. The number of hydrogen-bond acceptors (Lipinski definition) is 6. The predicted molar refractivity (Wildman–Crippen MR) is 149 cm³/mol. The highest BCUT2D eigenvalue weighted by Gasteiger charge is 2.12. The number of ether oxygens (including phenoxy) is 5. The molecule has 0 spiro atoms. The largest absolute Gasteiger partial charge is 0.465 e. The van der Waals surface area contributed by atoms with E-state index in [0.29, 0.717) is 71.6 Å². The molecule has 0 bridgehead atoms. The van der Waals surface area contributed by atoms with Crippen molar-refractivity contribution in [3.05, 3.63) is 0 Å². The lowest BCUT2D eigenvalue weighted by molar-refractivity contribution is -0.145.